The van der Waals surface area contributed by atoms with Crippen LogP contribution in [0.1, 0.15) is 20.9 Å². The van der Waals surface area contributed by atoms with Gasteiger partial charge < -0.3 is 19.5 Å². The minimum absolute atomic E-state index is 0.101. The molecule has 6 nitrogen and oxygen atoms in total. The lowest BCUT2D eigenvalue weighted by Gasteiger charge is -2.36. The molecular weight excluding hydrogens is 470 g/mol. The first-order valence-electron chi connectivity index (χ1n) is 9.45. The SMILES string of the molecule is O=C(Nc1ccc(N2CCN(C(=O)c3ccco3)CC2)c(Cl)c1)c1cccc(Br)c1. The molecule has 2 heterocycles. The minimum Gasteiger partial charge on any atom is -0.459 e. The molecule has 1 aromatic heterocycles. The van der Waals surface area contributed by atoms with Gasteiger partial charge in [-0.05, 0) is 48.5 Å². The van der Waals surface area contributed by atoms with Crippen LogP contribution in [-0.4, -0.2) is 42.9 Å². The number of hydrogen-bond acceptors (Lipinski definition) is 4. The molecule has 3 aromatic rings. The number of nitrogens with zero attached hydrogens (tertiary/aromatic N) is 2. The summed E-state index contributed by atoms with van der Waals surface area (Å²) in [7, 11) is 0. The van der Waals surface area contributed by atoms with E-state index in [4.69, 9.17) is 16.0 Å². The predicted octanol–water partition coefficient (Wildman–Crippen LogP) is 4.91. The van der Waals surface area contributed by atoms with Gasteiger partial charge >= 0.3 is 0 Å². The highest BCUT2D eigenvalue weighted by atomic mass is 79.9. The maximum atomic E-state index is 12.4. The Morgan fingerprint density at radius 2 is 1.80 bits per heavy atom. The molecule has 2 aromatic carbocycles. The molecule has 0 bridgehead atoms. The Labute approximate surface area is 187 Å². The Bertz CT molecular complexity index is 1060. The van der Waals surface area contributed by atoms with Gasteiger partial charge in [0.1, 0.15) is 0 Å². The lowest BCUT2D eigenvalue weighted by molar-refractivity contribution is 0.0714. The smallest absolute Gasteiger partial charge is 0.289 e. The van der Waals surface area contributed by atoms with Crippen molar-refractivity contribution in [3.63, 3.8) is 0 Å². The molecule has 8 heteroatoms. The summed E-state index contributed by atoms with van der Waals surface area (Å²) in [5, 5.41) is 3.42. The second-order valence-electron chi connectivity index (χ2n) is 6.89. The van der Waals surface area contributed by atoms with Gasteiger partial charge in [-0.25, -0.2) is 0 Å². The van der Waals surface area contributed by atoms with E-state index in [0.29, 0.717) is 48.2 Å². The van der Waals surface area contributed by atoms with Gasteiger partial charge in [0.05, 0.1) is 17.0 Å². The standard InChI is InChI=1S/C22H19BrClN3O3/c23-16-4-1-3-15(13-16)21(28)25-17-6-7-19(18(24)14-17)26-8-10-27(11-9-26)22(29)20-5-2-12-30-20/h1-7,12-14H,8-11H2,(H,25,28). The number of piperazine rings is 1. The van der Waals surface area contributed by atoms with Crippen LogP contribution in [0.3, 0.4) is 0 Å². The molecule has 0 aliphatic carbocycles. The number of halogens is 2. The van der Waals surface area contributed by atoms with Crippen LogP contribution in [-0.2, 0) is 0 Å². The number of anilines is 2. The Balaban J connectivity index is 1.39. The van der Waals surface area contributed by atoms with E-state index in [1.54, 1.807) is 35.2 Å². The normalized spacial score (nSPS) is 13.9. The summed E-state index contributed by atoms with van der Waals surface area (Å²) in [4.78, 5) is 28.7. The van der Waals surface area contributed by atoms with Crippen molar-refractivity contribution in [1.82, 2.24) is 4.90 Å². The fourth-order valence-corrected chi connectivity index (χ4v) is 4.08. The molecule has 1 aliphatic rings. The van der Waals surface area contributed by atoms with Crippen LogP contribution < -0.4 is 10.2 Å². The summed E-state index contributed by atoms with van der Waals surface area (Å²) in [6.45, 7) is 2.49. The molecule has 4 rings (SSSR count). The van der Waals surface area contributed by atoms with Crippen LogP contribution in [0.5, 0.6) is 0 Å². The van der Waals surface area contributed by atoms with Crippen molar-refractivity contribution >= 4 is 50.7 Å². The largest absolute Gasteiger partial charge is 0.459 e. The van der Waals surface area contributed by atoms with Crippen molar-refractivity contribution in [2.24, 2.45) is 0 Å². The number of rotatable bonds is 4. The van der Waals surface area contributed by atoms with Crippen LogP contribution in [0, 0.1) is 0 Å². The number of benzene rings is 2. The fourth-order valence-electron chi connectivity index (χ4n) is 3.38. The molecule has 1 N–H and O–H groups in total. The van der Waals surface area contributed by atoms with Crippen molar-refractivity contribution in [2.75, 3.05) is 36.4 Å². The number of carbonyl (C=O) groups excluding carboxylic acids is 2. The lowest BCUT2D eigenvalue weighted by atomic mass is 10.2. The lowest BCUT2D eigenvalue weighted by Crippen LogP contribution is -2.48. The van der Waals surface area contributed by atoms with E-state index in [1.807, 2.05) is 24.3 Å². The molecule has 154 valence electrons. The number of furan rings is 1. The van der Waals surface area contributed by atoms with Crippen LogP contribution in [0.15, 0.2) is 69.8 Å². The molecule has 1 aliphatic heterocycles. The molecule has 2 amide bonds. The summed E-state index contributed by atoms with van der Waals surface area (Å²) in [6, 6.07) is 16.0. The monoisotopic (exact) mass is 487 g/mol. The zero-order chi connectivity index (χ0) is 21.1. The first-order chi connectivity index (χ1) is 14.5. The summed E-state index contributed by atoms with van der Waals surface area (Å²) in [5.74, 6) is 0.0496. The first kappa shape index (κ1) is 20.5. The number of amides is 2. The Morgan fingerprint density at radius 1 is 1.00 bits per heavy atom. The van der Waals surface area contributed by atoms with E-state index in [1.165, 1.54) is 6.26 Å². The highest BCUT2D eigenvalue weighted by molar-refractivity contribution is 9.10. The van der Waals surface area contributed by atoms with Crippen molar-refractivity contribution in [1.29, 1.82) is 0 Å². The summed E-state index contributed by atoms with van der Waals surface area (Å²) in [5.41, 5.74) is 2.06. The van der Waals surface area contributed by atoms with E-state index in [0.717, 1.165) is 10.2 Å². The molecule has 1 saturated heterocycles. The van der Waals surface area contributed by atoms with E-state index >= 15 is 0 Å². The average molecular weight is 489 g/mol. The average Bonchev–Trinajstić information content (AvgIpc) is 3.28. The third kappa shape index (κ3) is 4.52. The highest BCUT2D eigenvalue weighted by Crippen LogP contribution is 2.30. The molecule has 0 atom stereocenters. The maximum Gasteiger partial charge on any atom is 0.289 e. The van der Waals surface area contributed by atoms with Crippen LogP contribution in [0.25, 0.3) is 0 Å². The van der Waals surface area contributed by atoms with E-state index in [-0.39, 0.29) is 11.8 Å². The first-order valence-corrected chi connectivity index (χ1v) is 10.6. The third-order valence-electron chi connectivity index (χ3n) is 4.93. The third-order valence-corrected chi connectivity index (χ3v) is 5.73. The van der Waals surface area contributed by atoms with Gasteiger partial charge in [-0.15, -0.1) is 0 Å². The van der Waals surface area contributed by atoms with E-state index in [2.05, 4.69) is 26.1 Å². The van der Waals surface area contributed by atoms with Crippen LogP contribution >= 0.6 is 27.5 Å². The van der Waals surface area contributed by atoms with E-state index in [9.17, 15) is 9.59 Å². The van der Waals surface area contributed by atoms with Crippen molar-refractivity contribution < 1.29 is 14.0 Å². The number of hydrogen-bond donors (Lipinski definition) is 1. The predicted molar refractivity (Wildman–Crippen MR) is 120 cm³/mol. The fraction of sp³-hybridized carbons (Fsp3) is 0.182. The number of nitrogens with one attached hydrogen (secondary N) is 1. The summed E-state index contributed by atoms with van der Waals surface area (Å²) < 4.78 is 6.04. The molecule has 30 heavy (non-hydrogen) atoms. The Kier molecular flexibility index (Phi) is 6.11. The van der Waals surface area contributed by atoms with Gasteiger partial charge in [-0.1, -0.05) is 33.6 Å². The van der Waals surface area contributed by atoms with Crippen molar-refractivity contribution in [2.45, 2.75) is 0 Å². The number of carbonyl (C=O) groups is 2. The Morgan fingerprint density at radius 3 is 2.47 bits per heavy atom. The molecule has 1 fully saturated rings. The molecule has 0 radical (unpaired) electrons. The molecule has 0 spiro atoms. The maximum absolute atomic E-state index is 12.4. The second-order valence-corrected chi connectivity index (χ2v) is 8.21. The van der Waals surface area contributed by atoms with Gasteiger partial charge in [-0.3, -0.25) is 9.59 Å². The molecule has 0 saturated carbocycles. The zero-order valence-electron chi connectivity index (χ0n) is 16.0. The zero-order valence-corrected chi connectivity index (χ0v) is 18.3. The minimum atomic E-state index is -0.204. The van der Waals surface area contributed by atoms with Gasteiger partial charge in [0.2, 0.25) is 0 Å². The quantitative estimate of drug-likeness (QED) is 0.567. The second kappa shape index (κ2) is 8.93. The summed E-state index contributed by atoms with van der Waals surface area (Å²) in [6.07, 6.45) is 1.50. The van der Waals surface area contributed by atoms with Crippen molar-refractivity contribution in [3.05, 3.63) is 81.7 Å². The Hall–Kier alpha value is -2.77. The molecular formula is C22H19BrClN3O3. The highest BCUT2D eigenvalue weighted by Gasteiger charge is 2.24. The van der Waals surface area contributed by atoms with Crippen LogP contribution in [0.2, 0.25) is 5.02 Å². The van der Waals surface area contributed by atoms with Gasteiger partial charge in [-0.2, -0.15) is 0 Å². The van der Waals surface area contributed by atoms with Gasteiger partial charge in [0.15, 0.2) is 5.76 Å². The van der Waals surface area contributed by atoms with Crippen LogP contribution in [0.4, 0.5) is 11.4 Å². The molecule has 0 unspecified atom stereocenters. The van der Waals surface area contributed by atoms with Gasteiger partial charge in [0, 0.05) is 41.9 Å². The van der Waals surface area contributed by atoms with E-state index < -0.39 is 0 Å². The topological polar surface area (TPSA) is 65.8 Å². The van der Waals surface area contributed by atoms with Gasteiger partial charge in [0.25, 0.3) is 11.8 Å². The summed E-state index contributed by atoms with van der Waals surface area (Å²) >= 11 is 9.87. The van der Waals surface area contributed by atoms with Crippen molar-refractivity contribution in [3.8, 4) is 0 Å².